The van der Waals surface area contributed by atoms with Gasteiger partial charge in [-0.2, -0.15) is 5.10 Å². The molecule has 138 valence electrons. The highest BCUT2D eigenvalue weighted by Crippen LogP contribution is 2.35. The highest BCUT2D eigenvalue weighted by Gasteiger charge is 2.36. The molecule has 1 aromatic heterocycles. The van der Waals surface area contributed by atoms with Crippen molar-refractivity contribution < 1.29 is 4.79 Å². The van der Waals surface area contributed by atoms with E-state index in [1.54, 1.807) is 10.7 Å². The molecule has 0 spiro atoms. The fourth-order valence-electron chi connectivity index (χ4n) is 3.49. The molecule has 27 heavy (non-hydrogen) atoms. The Morgan fingerprint density at radius 2 is 1.93 bits per heavy atom. The van der Waals surface area contributed by atoms with Crippen LogP contribution in [-0.2, 0) is 11.3 Å². The Morgan fingerprint density at radius 3 is 2.63 bits per heavy atom. The summed E-state index contributed by atoms with van der Waals surface area (Å²) in [5.41, 5.74) is 1.59. The van der Waals surface area contributed by atoms with Gasteiger partial charge in [0.25, 0.3) is 0 Å². The van der Waals surface area contributed by atoms with Gasteiger partial charge in [0.15, 0.2) is 0 Å². The molecule has 1 saturated carbocycles. The van der Waals surface area contributed by atoms with Gasteiger partial charge in [0, 0.05) is 16.5 Å². The van der Waals surface area contributed by atoms with Crippen molar-refractivity contribution in [2.24, 2.45) is 0 Å². The summed E-state index contributed by atoms with van der Waals surface area (Å²) in [6.07, 6.45) is 3.31. The second kappa shape index (κ2) is 7.16. The molecule has 1 atom stereocenters. The van der Waals surface area contributed by atoms with E-state index in [0.717, 1.165) is 18.4 Å². The maximum Gasteiger partial charge on any atom is 0.245 e. The minimum atomic E-state index is -0.136. The van der Waals surface area contributed by atoms with Crippen molar-refractivity contribution in [1.29, 1.82) is 0 Å². The number of fused-ring (bicyclic) bond motifs is 1. The summed E-state index contributed by atoms with van der Waals surface area (Å²) in [4.78, 5) is 27.1. The summed E-state index contributed by atoms with van der Waals surface area (Å²) in [6.45, 7) is 2.14. The molecule has 1 unspecified atom stereocenters. The summed E-state index contributed by atoms with van der Waals surface area (Å²) in [7, 11) is 0. The summed E-state index contributed by atoms with van der Waals surface area (Å²) in [6, 6.07) is 15.1. The van der Waals surface area contributed by atoms with E-state index < -0.39 is 0 Å². The number of para-hydroxylation sites is 1. The Morgan fingerprint density at radius 1 is 1.22 bits per heavy atom. The van der Waals surface area contributed by atoms with Crippen LogP contribution < -0.4 is 5.43 Å². The topological polar surface area (TPSA) is 55.2 Å². The van der Waals surface area contributed by atoms with Gasteiger partial charge in [0.1, 0.15) is 6.54 Å². The second-order valence-electron chi connectivity index (χ2n) is 6.94. The van der Waals surface area contributed by atoms with Crippen LogP contribution in [-0.4, -0.2) is 26.6 Å². The molecule has 1 fully saturated rings. The fourth-order valence-corrected chi connectivity index (χ4v) is 3.61. The lowest BCUT2D eigenvalue weighted by molar-refractivity contribution is -0.134. The van der Waals surface area contributed by atoms with Crippen LogP contribution in [0.1, 0.15) is 31.4 Å². The van der Waals surface area contributed by atoms with E-state index in [9.17, 15) is 9.59 Å². The highest BCUT2D eigenvalue weighted by atomic mass is 35.5. The van der Waals surface area contributed by atoms with Crippen LogP contribution in [0, 0.1) is 0 Å². The number of hydrogen-bond acceptors (Lipinski definition) is 3. The zero-order chi connectivity index (χ0) is 19.0. The van der Waals surface area contributed by atoms with E-state index in [4.69, 9.17) is 11.6 Å². The molecule has 0 bridgehead atoms. The van der Waals surface area contributed by atoms with Crippen LogP contribution in [0.25, 0.3) is 10.9 Å². The number of aromatic nitrogens is 2. The molecule has 1 amide bonds. The maximum atomic E-state index is 13.2. The van der Waals surface area contributed by atoms with E-state index in [1.165, 1.54) is 6.20 Å². The Labute approximate surface area is 162 Å². The van der Waals surface area contributed by atoms with Crippen molar-refractivity contribution in [3.8, 4) is 0 Å². The molecule has 0 radical (unpaired) electrons. The molecule has 1 aliphatic rings. The Balaban J connectivity index is 1.63. The molecule has 6 heteroatoms. The minimum Gasteiger partial charge on any atom is -0.331 e. The second-order valence-corrected chi connectivity index (χ2v) is 7.38. The van der Waals surface area contributed by atoms with Gasteiger partial charge < -0.3 is 4.90 Å². The van der Waals surface area contributed by atoms with Gasteiger partial charge in [-0.1, -0.05) is 35.9 Å². The summed E-state index contributed by atoms with van der Waals surface area (Å²) in [5, 5.41) is 5.44. The average molecular weight is 382 g/mol. The molecule has 1 aliphatic carbocycles. The maximum absolute atomic E-state index is 13.2. The zero-order valence-corrected chi connectivity index (χ0v) is 15.8. The molecule has 4 rings (SSSR count). The molecular formula is C21H20ClN3O2. The number of benzene rings is 2. The zero-order valence-electron chi connectivity index (χ0n) is 15.0. The van der Waals surface area contributed by atoms with Gasteiger partial charge in [-0.15, -0.1) is 0 Å². The van der Waals surface area contributed by atoms with Gasteiger partial charge in [0.2, 0.25) is 11.3 Å². The van der Waals surface area contributed by atoms with Crippen LogP contribution in [0.3, 0.4) is 0 Å². The minimum absolute atomic E-state index is 0.00116. The van der Waals surface area contributed by atoms with Gasteiger partial charge in [-0.25, -0.2) is 0 Å². The largest absolute Gasteiger partial charge is 0.331 e. The lowest BCUT2D eigenvalue weighted by Gasteiger charge is -2.30. The van der Waals surface area contributed by atoms with E-state index in [0.29, 0.717) is 15.9 Å². The van der Waals surface area contributed by atoms with Gasteiger partial charge in [0.05, 0.1) is 17.8 Å². The molecule has 2 aromatic carbocycles. The van der Waals surface area contributed by atoms with Gasteiger partial charge >= 0.3 is 0 Å². The van der Waals surface area contributed by atoms with Crippen LogP contribution in [0.2, 0.25) is 5.02 Å². The van der Waals surface area contributed by atoms with Crippen molar-refractivity contribution in [2.75, 3.05) is 0 Å². The van der Waals surface area contributed by atoms with Gasteiger partial charge in [-0.3, -0.25) is 14.3 Å². The predicted octanol–water partition coefficient (Wildman–Crippen LogP) is 3.80. The van der Waals surface area contributed by atoms with Crippen molar-refractivity contribution >= 4 is 28.4 Å². The first-order chi connectivity index (χ1) is 13.0. The highest BCUT2D eigenvalue weighted by molar-refractivity contribution is 6.30. The number of halogens is 1. The molecule has 0 aliphatic heterocycles. The van der Waals surface area contributed by atoms with Crippen LogP contribution >= 0.6 is 11.6 Å². The number of hydrogen-bond donors (Lipinski definition) is 0. The standard InChI is InChI=1S/C21H20ClN3O2/c1-14(15-6-8-16(22)9-7-15)25(17-10-11-17)21(27)13-24-19-5-3-2-4-18(19)20(26)12-23-24/h2-9,12,14,17H,10-11,13H2,1H3. The molecule has 3 aromatic rings. The van der Waals surface area contributed by atoms with E-state index in [2.05, 4.69) is 5.10 Å². The number of carbonyl (C=O) groups excluding carboxylic acids is 1. The van der Waals surface area contributed by atoms with Crippen molar-refractivity contribution in [1.82, 2.24) is 14.7 Å². The van der Waals surface area contributed by atoms with Crippen molar-refractivity contribution in [3.63, 3.8) is 0 Å². The fraction of sp³-hybridized carbons (Fsp3) is 0.286. The van der Waals surface area contributed by atoms with Crippen LogP contribution in [0.15, 0.2) is 59.5 Å². The van der Waals surface area contributed by atoms with Gasteiger partial charge in [-0.05, 0) is 49.6 Å². The van der Waals surface area contributed by atoms with Crippen molar-refractivity contribution in [2.45, 2.75) is 38.4 Å². The summed E-state index contributed by atoms with van der Waals surface area (Å²) in [5.74, 6) is 0.00116. The normalized spacial score (nSPS) is 14.9. The lowest BCUT2D eigenvalue weighted by Crippen LogP contribution is -2.38. The third-order valence-corrected chi connectivity index (χ3v) is 5.30. The predicted molar refractivity (Wildman–Crippen MR) is 106 cm³/mol. The number of rotatable bonds is 5. The monoisotopic (exact) mass is 381 g/mol. The summed E-state index contributed by atoms with van der Waals surface area (Å²) >= 11 is 5.99. The first kappa shape index (κ1) is 17.7. The molecule has 0 saturated heterocycles. The quantitative estimate of drug-likeness (QED) is 0.675. The first-order valence-electron chi connectivity index (χ1n) is 9.06. The lowest BCUT2D eigenvalue weighted by atomic mass is 10.1. The smallest absolute Gasteiger partial charge is 0.245 e. The number of amides is 1. The summed E-state index contributed by atoms with van der Waals surface area (Å²) < 4.78 is 1.61. The van der Waals surface area contributed by atoms with E-state index in [-0.39, 0.29) is 30.0 Å². The van der Waals surface area contributed by atoms with Crippen LogP contribution in [0.5, 0.6) is 0 Å². The number of carbonyl (C=O) groups is 1. The molecule has 1 heterocycles. The Kier molecular flexibility index (Phi) is 4.70. The van der Waals surface area contributed by atoms with E-state index in [1.807, 2.05) is 54.3 Å². The Bertz CT molecular complexity index is 1040. The Hall–Kier alpha value is -2.66. The van der Waals surface area contributed by atoms with Crippen molar-refractivity contribution in [3.05, 3.63) is 75.5 Å². The molecular weight excluding hydrogens is 362 g/mol. The molecule has 5 nitrogen and oxygen atoms in total. The van der Waals surface area contributed by atoms with E-state index >= 15 is 0 Å². The first-order valence-corrected chi connectivity index (χ1v) is 9.44. The number of nitrogens with zero attached hydrogens (tertiary/aromatic N) is 3. The SMILES string of the molecule is CC(c1ccc(Cl)cc1)N(C(=O)Cn1ncc(=O)c2ccccc21)C1CC1. The van der Waals surface area contributed by atoms with Crippen LogP contribution in [0.4, 0.5) is 0 Å². The molecule has 0 N–H and O–H groups in total. The third kappa shape index (κ3) is 3.60. The average Bonchev–Trinajstić information content (AvgIpc) is 3.50. The third-order valence-electron chi connectivity index (χ3n) is 5.04.